The normalized spacial score (nSPS) is 11.6. The first-order valence-electron chi connectivity index (χ1n) is 7.55. The van der Waals surface area contributed by atoms with Gasteiger partial charge in [-0.15, -0.1) is 0 Å². The van der Waals surface area contributed by atoms with Gasteiger partial charge in [-0.3, -0.25) is 9.59 Å². The predicted octanol–water partition coefficient (Wildman–Crippen LogP) is 1.16. The topological polar surface area (TPSA) is 78.4 Å². The Morgan fingerprint density at radius 1 is 1.00 bits per heavy atom. The molecule has 0 spiro atoms. The fourth-order valence-electron chi connectivity index (χ4n) is 2.14. The molecule has 0 aliphatic carbocycles. The van der Waals surface area contributed by atoms with E-state index in [0.717, 1.165) is 11.1 Å². The van der Waals surface area contributed by atoms with Crippen molar-refractivity contribution >= 4 is 11.8 Å². The average Bonchev–Trinajstić information content (AvgIpc) is 2.59. The highest BCUT2D eigenvalue weighted by atomic mass is 19.1. The van der Waals surface area contributed by atoms with Crippen LogP contribution in [-0.4, -0.2) is 29.6 Å². The maximum Gasteiger partial charge on any atom is 0.245 e. The Kier molecular flexibility index (Phi) is 6.45. The predicted molar refractivity (Wildman–Crippen MR) is 87.4 cm³/mol. The summed E-state index contributed by atoms with van der Waals surface area (Å²) in [7, 11) is 0. The summed E-state index contributed by atoms with van der Waals surface area (Å²) in [6.45, 7) is -0.319. The van der Waals surface area contributed by atoms with Gasteiger partial charge in [0.25, 0.3) is 0 Å². The van der Waals surface area contributed by atoms with E-state index >= 15 is 0 Å². The zero-order valence-corrected chi connectivity index (χ0v) is 13.0. The lowest BCUT2D eigenvalue weighted by Gasteiger charge is -2.16. The van der Waals surface area contributed by atoms with Gasteiger partial charge in [0.15, 0.2) is 0 Å². The molecule has 0 heterocycles. The first kappa shape index (κ1) is 17.6. The van der Waals surface area contributed by atoms with Gasteiger partial charge >= 0.3 is 0 Å². The first-order valence-corrected chi connectivity index (χ1v) is 7.55. The van der Waals surface area contributed by atoms with Crippen molar-refractivity contribution in [2.45, 2.75) is 19.0 Å². The van der Waals surface area contributed by atoms with Crippen molar-refractivity contribution < 1.29 is 19.1 Å². The molecule has 3 N–H and O–H groups in total. The van der Waals surface area contributed by atoms with Gasteiger partial charge in [-0.2, -0.15) is 0 Å². The molecule has 2 aromatic carbocycles. The standard InChI is InChI=1S/C18H19FN2O3/c19-15-8-6-14(7-9-15)11-20-18(24)16(12-22)21-17(23)10-13-4-2-1-3-5-13/h1-9,16,22H,10-12H2,(H,20,24)(H,21,23). The summed E-state index contributed by atoms with van der Waals surface area (Å²) < 4.78 is 12.8. The van der Waals surface area contributed by atoms with E-state index in [9.17, 15) is 19.1 Å². The molecule has 126 valence electrons. The fourth-order valence-corrected chi connectivity index (χ4v) is 2.14. The van der Waals surface area contributed by atoms with Crippen LogP contribution in [0.2, 0.25) is 0 Å². The number of hydrogen-bond donors (Lipinski definition) is 3. The monoisotopic (exact) mass is 330 g/mol. The van der Waals surface area contributed by atoms with E-state index in [1.54, 1.807) is 12.1 Å². The number of aliphatic hydroxyl groups is 1. The van der Waals surface area contributed by atoms with Crippen LogP contribution in [0.15, 0.2) is 54.6 Å². The molecule has 0 fully saturated rings. The summed E-state index contributed by atoms with van der Waals surface area (Å²) in [5.74, 6) is -1.20. The second kappa shape index (κ2) is 8.79. The number of carbonyl (C=O) groups is 2. The Hall–Kier alpha value is -2.73. The maximum absolute atomic E-state index is 12.8. The molecule has 0 aromatic heterocycles. The SMILES string of the molecule is O=C(Cc1ccccc1)NC(CO)C(=O)NCc1ccc(F)cc1. The van der Waals surface area contributed by atoms with Crippen molar-refractivity contribution in [1.29, 1.82) is 0 Å². The van der Waals surface area contributed by atoms with E-state index < -0.39 is 18.6 Å². The third-order valence-electron chi connectivity index (χ3n) is 3.42. The molecule has 0 radical (unpaired) electrons. The molecule has 2 rings (SSSR count). The van der Waals surface area contributed by atoms with Crippen LogP contribution in [0.25, 0.3) is 0 Å². The molecule has 0 saturated heterocycles. The molecular formula is C18H19FN2O3. The Balaban J connectivity index is 1.84. The van der Waals surface area contributed by atoms with Gasteiger partial charge in [0, 0.05) is 6.54 Å². The summed E-state index contributed by atoms with van der Waals surface area (Å²) in [5, 5.41) is 14.4. The van der Waals surface area contributed by atoms with Crippen LogP contribution in [0.1, 0.15) is 11.1 Å². The van der Waals surface area contributed by atoms with Gasteiger partial charge < -0.3 is 15.7 Å². The van der Waals surface area contributed by atoms with E-state index in [1.165, 1.54) is 12.1 Å². The summed E-state index contributed by atoms with van der Waals surface area (Å²) in [5.41, 5.74) is 1.54. The van der Waals surface area contributed by atoms with Crippen LogP contribution in [0.5, 0.6) is 0 Å². The molecular weight excluding hydrogens is 311 g/mol. The lowest BCUT2D eigenvalue weighted by Crippen LogP contribution is -2.49. The third kappa shape index (κ3) is 5.48. The Morgan fingerprint density at radius 3 is 2.29 bits per heavy atom. The zero-order chi connectivity index (χ0) is 17.4. The summed E-state index contributed by atoms with van der Waals surface area (Å²) in [6, 6.07) is 13.8. The van der Waals surface area contributed by atoms with Gasteiger partial charge in [0.2, 0.25) is 11.8 Å². The molecule has 6 heteroatoms. The number of hydrogen-bond acceptors (Lipinski definition) is 3. The number of amides is 2. The molecule has 0 bridgehead atoms. The number of benzene rings is 2. The zero-order valence-electron chi connectivity index (χ0n) is 13.0. The minimum atomic E-state index is -1.03. The van der Waals surface area contributed by atoms with Gasteiger partial charge in [0.05, 0.1) is 13.0 Å². The van der Waals surface area contributed by atoms with Crippen molar-refractivity contribution in [3.63, 3.8) is 0 Å². The van der Waals surface area contributed by atoms with Gasteiger partial charge in [-0.25, -0.2) is 4.39 Å². The lowest BCUT2D eigenvalue weighted by atomic mass is 10.1. The summed E-state index contributed by atoms with van der Waals surface area (Å²) in [6.07, 6.45) is 0.128. The number of halogens is 1. The second-order valence-electron chi connectivity index (χ2n) is 5.31. The van der Waals surface area contributed by atoms with Crippen molar-refractivity contribution in [1.82, 2.24) is 10.6 Å². The highest BCUT2D eigenvalue weighted by Crippen LogP contribution is 2.03. The summed E-state index contributed by atoms with van der Waals surface area (Å²) >= 11 is 0. The number of carbonyl (C=O) groups excluding carboxylic acids is 2. The number of aliphatic hydroxyl groups excluding tert-OH is 1. The smallest absolute Gasteiger partial charge is 0.245 e. The molecule has 1 unspecified atom stereocenters. The van der Waals surface area contributed by atoms with E-state index in [1.807, 2.05) is 30.3 Å². The van der Waals surface area contributed by atoms with Crippen molar-refractivity contribution in [3.05, 3.63) is 71.5 Å². The minimum Gasteiger partial charge on any atom is -0.394 e. The molecule has 5 nitrogen and oxygen atoms in total. The van der Waals surface area contributed by atoms with Crippen LogP contribution < -0.4 is 10.6 Å². The highest BCUT2D eigenvalue weighted by Gasteiger charge is 2.19. The largest absolute Gasteiger partial charge is 0.394 e. The minimum absolute atomic E-state index is 0.128. The Labute approximate surface area is 139 Å². The molecule has 0 saturated carbocycles. The third-order valence-corrected chi connectivity index (χ3v) is 3.42. The van der Waals surface area contributed by atoms with Crippen LogP contribution in [0, 0.1) is 5.82 Å². The quantitative estimate of drug-likeness (QED) is 0.713. The van der Waals surface area contributed by atoms with E-state index in [-0.39, 0.29) is 24.7 Å². The number of rotatable bonds is 7. The molecule has 2 aromatic rings. The van der Waals surface area contributed by atoms with Gasteiger partial charge in [-0.05, 0) is 23.3 Å². The van der Waals surface area contributed by atoms with Crippen LogP contribution in [0.4, 0.5) is 4.39 Å². The van der Waals surface area contributed by atoms with E-state index in [0.29, 0.717) is 0 Å². The van der Waals surface area contributed by atoms with Crippen molar-refractivity contribution in [2.75, 3.05) is 6.61 Å². The second-order valence-corrected chi connectivity index (χ2v) is 5.31. The van der Waals surface area contributed by atoms with Crippen LogP contribution in [0.3, 0.4) is 0 Å². The highest BCUT2D eigenvalue weighted by molar-refractivity contribution is 5.88. The molecule has 2 amide bonds. The summed E-state index contributed by atoms with van der Waals surface area (Å²) in [4.78, 5) is 24.0. The fraction of sp³-hybridized carbons (Fsp3) is 0.222. The van der Waals surface area contributed by atoms with Crippen LogP contribution in [-0.2, 0) is 22.6 Å². The average molecular weight is 330 g/mol. The first-order chi connectivity index (χ1) is 11.6. The van der Waals surface area contributed by atoms with E-state index in [4.69, 9.17) is 0 Å². The van der Waals surface area contributed by atoms with Crippen molar-refractivity contribution in [3.8, 4) is 0 Å². The maximum atomic E-state index is 12.8. The van der Waals surface area contributed by atoms with Crippen LogP contribution >= 0.6 is 0 Å². The number of nitrogens with one attached hydrogen (secondary N) is 2. The molecule has 24 heavy (non-hydrogen) atoms. The van der Waals surface area contributed by atoms with E-state index in [2.05, 4.69) is 10.6 Å². The molecule has 1 atom stereocenters. The molecule has 0 aliphatic rings. The Morgan fingerprint density at radius 2 is 1.67 bits per heavy atom. The molecule has 0 aliphatic heterocycles. The lowest BCUT2D eigenvalue weighted by molar-refractivity contribution is -0.129. The Bertz CT molecular complexity index is 674. The van der Waals surface area contributed by atoms with Gasteiger partial charge in [0.1, 0.15) is 11.9 Å². The van der Waals surface area contributed by atoms with Crippen molar-refractivity contribution in [2.24, 2.45) is 0 Å². The van der Waals surface area contributed by atoms with Gasteiger partial charge in [-0.1, -0.05) is 42.5 Å².